The molecule has 1 unspecified atom stereocenters. The van der Waals surface area contributed by atoms with Gasteiger partial charge in [0.15, 0.2) is 0 Å². The first-order chi connectivity index (χ1) is 11.2. The maximum Gasteiger partial charge on any atom is 0.408 e. The molecule has 1 aromatic rings. The second-order valence-electron chi connectivity index (χ2n) is 6.51. The molecule has 0 saturated heterocycles. The molecule has 1 atom stereocenters. The van der Waals surface area contributed by atoms with Crippen LogP contribution in [0.25, 0.3) is 0 Å². The van der Waals surface area contributed by atoms with E-state index in [2.05, 4.69) is 5.32 Å². The van der Waals surface area contributed by atoms with Crippen LogP contribution in [0.3, 0.4) is 0 Å². The van der Waals surface area contributed by atoms with Crippen molar-refractivity contribution in [1.29, 1.82) is 0 Å². The topological polar surface area (TPSA) is 84.9 Å². The lowest BCUT2D eigenvalue weighted by Gasteiger charge is -2.22. The second-order valence-corrected chi connectivity index (χ2v) is 6.51. The number of aryl methyl sites for hydroxylation is 1. The van der Waals surface area contributed by atoms with Gasteiger partial charge in [-0.1, -0.05) is 12.1 Å². The zero-order chi connectivity index (χ0) is 18.2. The van der Waals surface area contributed by atoms with Crippen molar-refractivity contribution >= 4 is 12.1 Å². The van der Waals surface area contributed by atoms with E-state index in [1.54, 1.807) is 20.8 Å². The molecule has 0 fully saturated rings. The van der Waals surface area contributed by atoms with Crippen molar-refractivity contribution in [1.82, 2.24) is 5.32 Å². The van der Waals surface area contributed by atoms with Crippen LogP contribution in [0.15, 0.2) is 24.3 Å². The zero-order valence-corrected chi connectivity index (χ0v) is 14.8. The fourth-order valence-corrected chi connectivity index (χ4v) is 2.14. The van der Waals surface area contributed by atoms with Gasteiger partial charge < -0.3 is 19.9 Å². The Morgan fingerprint density at radius 1 is 1.21 bits per heavy atom. The Labute approximate surface area is 143 Å². The lowest BCUT2D eigenvalue weighted by Crippen LogP contribution is -2.43. The summed E-state index contributed by atoms with van der Waals surface area (Å²) in [6.45, 7) is 7.74. The predicted octanol–water partition coefficient (Wildman–Crippen LogP) is 3.39. The molecule has 0 saturated carbocycles. The van der Waals surface area contributed by atoms with Crippen molar-refractivity contribution < 1.29 is 24.2 Å². The highest BCUT2D eigenvalue weighted by Gasteiger charge is 2.23. The number of alkyl carbamates (subject to hydrolysis) is 1. The van der Waals surface area contributed by atoms with Gasteiger partial charge in [0.2, 0.25) is 0 Å². The standard InChI is InChI=1S/C18H27NO5/c1-5-23-14-11-9-13(10-12-14)7-6-8-15(16(20)21)19-17(22)24-18(2,3)4/h9-12,15H,5-8H2,1-4H3,(H,19,22)(H,20,21). The van der Waals surface area contributed by atoms with Crippen LogP contribution in [0.2, 0.25) is 0 Å². The van der Waals surface area contributed by atoms with Crippen LogP contribution in [0.5, 0.6) is 5.75 Å². The smallest absolute Gasteiger partial charge is 0.408 e. The molecule has 0 aliphatic rings. The van der Waals surface area contributed by atoms with Gasteiger partial charge in [0.25, 0.3) is 0 Å². The number of ether oxygens (including phenoxy) is 2. The molecule has 134 valence electrons. The fourth-order valence-electron chi connectivity index (χ4n) is 2.14. The van der Waals surface area contributed by atoms with Gasteiger partial charge >= 0.3 is 12.1 Å². The first-order valence-corrected chi connectivity index (χ1v) is 8.15. The van der Waals surface area contributed by atoms with Gasteiger partial charge in [0, 0.05) is 0 Å². The number of hydrogen-bond donors (Lipinski definition) is 2. The number of carboxylic acids is 1. The minimum Gasteiger partial charge on any atom is -0.494 e. The Morgan fingerprint density at radius 2 is 1.83 bits per heavy atom. The number of carboxylic acid groups (broad SMARTS) is 1. The highest BCUT2D eigenvalue weighted by molar-refractivity contribution is 5.79. The minimum atomic E-state index is -1.06. The number of hydrogen-bond acceptors (Lipinski definition) is 4. The van der Waals surface area contributed by atoms with Crippen molar-refractivity contribution in [3.8, 4) is 5.75 Å². The highest BCUT2D eigenvalue weighted by Crippen LogP contribution is 2.14. The monoisotopic (exact) mass is 337 g/mol. The molecule has 0 heterocycles. The van der Waals surface area contributed by atoms with E-state index in [1.807, 2.05) is 31.2 Å². The van der Waals surface area contributed by atoms with E-state index in [0.29, 0.717) is 19.4 Å². The van der Waals surface area contributed by atoms with Crippen LogP contribution in [-0.2, 0) is 16.0 Å². The van der Waals surface area contributed by atoms with Gasteiger partial charge in [-0.05, 0) is 64.7 Å². The Kier molecular flexibility index (Phi) is 7.55. The number of benzene rings is 1. The molecule has 2 N–H and O–H groups in total. The summed E-state index contributed by atoms with van der Waals surface area (Å²) in [6, 6.07) is 6.76. The summed E-state index contributed by atoms with van der Waals surface area (Å²) in [7, 11) is 0. The van der Waals surface area contributed by atoms with Crippen molar-refractivity contribution in [2.24, 2.45) is 0 Å². The lowest BCUT2D eigenvalue weighted by atomic mass is 10.0. The number of carbonyl (C=O) groups excluding carboxylic acids is 1. The van der Waals surface area contributed by atoms with E-state index < -0.39 is 23.7 Å². The zero-order valence-electron chi connectivity index (χ0n) is 14.8. The van der Waals surface area contributed by atoms with E-state index >= 15 is 0 Å². The first kappa shape index (κ1) is 19.8. The molecule has 1 amide bonds. The van der Waals surface area contributed by atoms with Crippen LogP contribution in [0, 0.1) is 0 Å². The number of rotatable bonds is 8. The molecule has 0 bridgehead atoms. The number of nitrogens with one attached hydrogen (secondary N) is 1. The van der Waals surface area contributed by atoms with Crippen LogP contribution in [0.4, 0.5) is 4.79 Å². The first-order valence-electron chi connectivity index (χ1n) is 8.15. The summed E-state index contributed by atoms with van der Waals surface area (Å²) < 4.78 is 10.5. The largest absolute Gasteiger partial charge is 0.494 e. The SMILES string of the molecule is CCOc1ccc(CCCC(NC(=O)OC(C)(C)C)C(=O)O)cc1. The van der Waals surface area contributed by atoms with Gasteiger partial charge in [0.05, 0.1) is 6.61 Å². The maximum absolute atomic E-state index is 11.7. The van der Waals surface area contributed by atoms with Crippen molar-refractivity contribution in [2.75, 3.05) is 6.61 Å². The molecular formula is C18H27NO5. The third-order valence-corrected chi connectivity index (χ3v) is 3.18. The van der Waals surface area contributed by atoms with E-state index in [4.69, 9.17) is 9.47 Å². The van der Waals surface area contributed by atoms with Crippen LogP contribution < -0.4 is 10.1 Å². The molecule has 1 rings (SSSR count). The van der Waals surface area contributed by atoms with Crippen molar-refractivity contribution in [2.45, 2.75) is 58.6 Å². The molecule has 0 aromatic heterocycles. The fraction of sp³-hybridized carbons (Fsp3) is 0.556. The van der Waals surface area contributed by atoms with Crippen molar-refractivity contribution in [3.63, 3.8) is 0 Å². The summed E-state index contributed by atoms with van der Waals surface area (Å²) in [5, 5.41) is 11.6. The molecule has 24 heavy (non-hydrogen) atoms. The Hall–Kier alpha value is -2.24. The second kappa shape index (κ2) is 9.15. The van der Waals surface area contributed by atoms with Gasteiger partial charge in [0.1, 0.15) is 17.4 Å². The Morgan fingerprint density at radius 3 is 2.33 bits per heavy atom. The minimum absolute atomic E-state index is 0.335. The van der Waals surface area contributed by atoms with E-state index in [9.17, 15) is 14.7 Å². The summed E-state index contributed by atoms with van der Waals surface area (Å²) >= 11 is 0. The van der Waals surface area contributed by atoms with E-state index in [0.717, 1.165) is 17.7 Å². The average Bonchev–Trinajstić information content (AvgIpc) is 2.46. The van der Waals surface area contributed by atoms with Gasteiger partial charge in [-0.25, -0.2) is 9.59 Å². The lowest BCUT2D eigenvalue weighted by molar-refractivity contribution is -0.139. The predicted molar refractivity (Wildman–Crippen MR) is 91.3 cm³/mol. The van der Waals surface area contributed by atoms with Crippen LogP contribution >= 0.6 is 0 Å². The molecule has 0 radical (unpaired) electrons. The summed E-state index contributed by atoms with van der Waals surface area (Å²) in [5.74, 6) is -0.246. The summed E-state index contributed by atoms with van der Waals surface area (Å²) in [4.78, 5) is 23.0. The van der Waals surface area contributed by atoms with Gasteiger partial charge in [-0.15, -0.1) is 0 Å². The summed E-state index contributed by atoms with van der Waals surface area (Å²) in [5.41, 5.74) is 0.440. The Balaban J connectivity index is 2.46. The number of carbonyl (C=O) groups is 2. The molecule has 0 spiro atoms. The maximum atomic E-state index is 11.7. The average molecular weight is 337 g/mol. The van der Waals surface area contributed by atoms with E-state index in [-0.39, 0.29) is 0 Å². The molecule has 6 nitrogen and oxygen atoms in total. The van der Waals surface area contributed by atoms with Crippen LogP contribution in [0.1, 0.15) is 46.1 Å². The quantitative estimate of drug-likeness (QED) is 0.759. The third kappa shape index (κ3) is 7.85. The molecule has 0 aliphatic carbocycles. The van der Waals surface area contributed by atoms with Crippen molar-refractivity contribution in [3.05, 3.63) is 29.8 Å². The molecule has 6 heteroatoms. The van der Waals surface area contributed by atoms with Crippen LogP contribution in [-0.4, -0.2) is 35.4 Å². The molecule has 0 aliphatic heterocycles. The van der Waals surface area contributed by atoms with E-state index in [1.165, 1.54) is 0 Å². The molecular weight excluding hydrogens is 310 g/mol. The summed E-state index contributed by atoms with van der Waals surface area (Å²) in [6.07, 6.45) is 0.991. The van der Waals surface area contributed by atoms with Gasteiger partial charge in [-0.2, -0.15) is 0 Å². The third-order valence-electron chi connectivity index (χ3n) is 3.18. The normalized spacial score (nSPS) is 12.3. The number of aliphatic carboxylic acids is 1. The molecule has 1 aromatic carbocycles. The van der Waals surface area contributed by atoms with Gasteiger partial charge in [-0.3, -0.25) is 0 Å². The Bertz CT molecular complexity index is 533. The highest BCUT2D eigenvalue weighted by atomic mass is 16.6. The number of amides is 1.